The first-order valence-corrected chi connectivity index (χ1v) is 11.0. The lowest BCUT2D eigenvalue weighted by Crippen LogP contribution is -1.87. The Bertz CT molecular complexity index is 1310. The number of pyridine rings is 1. The molecular weight excluding hydrogens is 442 g/mol. The molecule has 2 heteroatoms. The molecule has 0 atom stereocenters. The van der Waals surface area contributed by atoms with Gasteiger partial charge in [0.2, 0.25) is 0 Å². The summed E-state index contributed by atoms with van der Waals surface area (Å²) in [6.45, 7) is 0. The minimum absolute atomic E-state index is 0.975. The number of hydrogen-bond acceptors (Lipinski definition) is 1. The Morgan fingerprint density at radius 1 is 0.452 bits per heavy atom. The SMILES string of the molecule is Brc1ccccc1-c1ccc(-c2cc(-c3ccc(-c4ccccc4)cc3)ccn2)cc1. The van der Waals surface area contributed by atoms with Crippen LogP contribution in [-0.4, -0.2) is 4.98 Å². The van der Waals surface area contributed by atoms with Crippen LogP contribution in [0, 0.1) is 0 Å². The minimum Gasteiger partial charge on any atom is -0.256 e. The van der Waals surface area contributed by atoms with Crippen LogP contribution >= 0.6 is 15.9 Å². The Morgan fingerprint density at radius 3 is 1.71 bits per heavy atom. The largest absolute Gasteiger partial charge is 0.256 e. The van der Waals surface area contributed by atoms with Crippen molar-refractivity contribution in [2.45, 2.75) is 0 Å². The molecule has 1 nitrogen and oxygen atoms in total. The van der Waals surface area contributed by atoms with E-state index in [2.05, 4.69) is 124 Å². The molecule has 0 aliphatic heterocycles. The van der Waals surface area contributed by atoms with Crippen molar-refractivity contribution < 1.29 is 0 Å². The average molecular weight is 462 g/mol. The number of aromatic nitrogens is 1. The van der Waals surface area contributed by atoms with Crippen LogP contribution in [0.15, 0.2) is 126 Å². The van der Waals surface area contributed by atoms with Crippen LogP contribution in [0.4, 0.5) is 0 Å². The topological polar surface area (TPSA) is 12.9 Å². The van der Waals surface area contributed by atoms with E-state index in [1.807, 2.05) is 18.3 Å². The number of rotatable bonds is 4. The molecule has 0 N–H and O–H groups in total. The van der Waals surface area contributed by atoms with E-state index < -0.39 is 0 Å². The van der Waals surface area contributed by atoms with Crippen LogP contribution in [0.2, 0.25) is 0 Å². The van der Waals surface area contributed by atoms with Gasteiger partial charge in [0.1, 0.15) is 0 Å². The highest BCUT2D eigenvalue weighted by Gasteiger charge is 2.06. The monoisotopic (exact) mass is 461 g/mol. The molecule has 0 spiro atoms. The maximum Gasteiger partial charge on any atom is 0.0708 e. The van der Waals surface area contributed by atoms with Gasteiger partial charge in [-0.1, -0.05) is 113 Å². The van der Waals surface area contributed by atoms with E-state index in [-0.39, 0.29) is 0 Å². The van der Waals surface area contributed by atoms with Crippen LogP contribution < -0.4 is 0 Å². The fourth-order valence-corrected chi connectivity index (χ4v) is 4.28. The predicted octanol–water partition coefficient (Wildman–Crippen LogP) is 8.51. The van der Waals surface area contributed by atoms with Gasteiger partial charge in [-0.25, -0.2) is 0 Å². The van der Waals surface area contributed by atoms with Gasteiger partial charge < -0.3 is 0 Å². The Kier molecular flexibility index (Phi) is 5.47. The van der Waals surface area contributed by atoms with E-state index in [0.717, 1.165) is 15.7 Å². The second-order valence-corrected chi connectivity index (χ2v) is 8.28. The molecule has 0 fully saturated rings. The van der Waals surface area contributed by atoms with Gasteiger partial charge in [0, 0.05) is 16.2 Å². The van der Waals surface area contributed by atoms with E-state index in [4.69, 9.17) is 0 Å². The fraction of sp³-hybridized carbons (Fsp3) is 0. The fourth-order valence-electron chi connectivity index (χ4n) is 3.77. The Balaban J connectivity index is 1.42. The minimum atomic E-state index is 0.975. The number of hydrogen-bond donors (Lipinski definition) is 0. The molecule has 0 aliphatic rings. The third-order valence-electron chi connectivity index (χ3n) is 5.45. The lowest BCUT2D eigenvalue weighted by molar-refractivity contribution is 1.33. The smallest absolute Gasteiger partial charge is 0.0708 e. The second-order valence-electron chi connectivity index (χ2n) is 7.43. The van der Waals surface area contributed by atoms with Crippen molar-refractivity contribution in [1.29, 1.82) is 0 Å². The highest BCUT2D eigenvalue weighted by Crippen LogP contribution is 2.31. The molecule has 0 amide bonds. The van der Waals surface area contributed by atoms with Gasteiger partial charge >= 0.3 is 0 Å². The molecule has 0 aliphatic carbocycles. The summed E-state index contributed by atoms with van der Waals surface area (Å²) >= 11 is 3.64. The van der Waals surface area contributed by atoms with Gasteiger partial charge in [0.25, 0.3) is 0 Å². The summed E-state index contributed by atoms with van der Waals surface area (Å²) in [6, 6.07) is 40.2. The zero-order valence-corrected chi connectivity index (χ0v) is 18.5. The quantitative estimate of drug-likeness (QED) is 0.261. The van der Waals surface area contributed by atoms with Crippen LogP contribution in [0.25, 0.3) is 44.6 Å². The second kappa shape index (κ2) is 8.71. The molecule has 1 aromatic heterocycles. The summed E-state index contributed by atoms with van der Waals surface area (Å²) in [7, 11) is 0. The highest BCUT2D eigenvalue weighted by molar-refractivity contribution is 9.10. The van der Waals surface area contributed by atoms with Crippen LogP contribution in [0.3, 0.4) is 0 Å². The Morgan fingerprint density at radius 2 is 1.00 bits per heavy atom. The van der Waals surface area contributed by atoms with E-state index in [9.17, 15) is 0 Å². The molecule has 0 radical (unpaired) electrons. The molecule has 0 unspecified atom stereocenters. The van der Waals surface area contributed by atoms with Crippen LogP contribution in [0.1, 0.15) is 0 Å². The highest BCUT2D eigenvalue weighted by atomic mass is 79.9. The van der Waals surface area contributed by atoms with E-state index in [1.165, 1.54) is 33.4 Å². The van der Waals surface area contributed by atoms with Gasteiger partial charge in [-0.05, 0) is 51.6 Å². The maximum atomic E-state index is 4.61. The van der Waals surface area contributed by atoms with E-state index in [0.29, 0.717) is 0 Å². The first-order valence-electron chi connectivity index (χ1n) is 10.3. The molecule has 0 bridgehead atoms. The predicted molar refractivity (Wildman–Crippen MR) is 134 cm³/mol. The van der Waals surface area contributed by atoms with E-state index in [1.54, 1.807) is 0 Å². The van der Waals surface area contributed by atoms with Gasteiger partial charge in [0.15, 0.2) is 0 Å². The molecule has 5 rings (SSSR count). The summed E-state index contributed by atoms with van der Waals surface area (Å²) in [5.41, 5.74) is 9.27. The zero-order valence-electron chi connectivity index (χ0n) is 16.9. The van der Waals surface area contributed by atoms with Crippen LogP contribution in [-0.2, 0) is 0 Å². The van der Waals surface area contributed by atoms with Crippen molar-refractivity contribution in [2.24, 2.45) is 0 Å². The van der Waals surface area contributed by atoms with Gasteiger partial charge in [0.05, 0.1) is 5.69 Å². The molecule has 0 saturated heterocycles. The summed E-state index contributed by atoms with van der Waals surface area (Å²) in [6.07, 6.45) is 1.89. The van der Waals surface area contributed by atoms with E-state index >= 15 is 0 Å². The number of benzene rings is 4. The molecular formula is C29H20BrN. The van der Waals surface area contributed by atoms with Crippen molar-refractivity contribution in [2.75, 3.05) is 0 Å². The van der Waals surface area contributed by atoms with Crippen molar-refractivity contribution in [3.05, 3.63) is 126 Å². The summed E-state index contributed by atoms with van der Waals surface area (Å²) in [4.78, 5) is 4.61. The third kappa shape index (κ3) is 4.21. The summed E-state index contributed by atoms with van der Waals surface area (Å²) in [5, 5.41) is 0. The molecule has 148 valence electrons. The lowest BCUT2D eigenvalue weighted by atomic mass is 9.99. The van der Waals surface area contributed by atoms with Crippen molar-refractivity contribution in [3.8, 4) is 44.6 Å². The normalized spacial score (nSPS) is 10.7. The van der Waals surface area contributed by atoms with Crippen molar-refractivity contribution in [3.63, 3.8) is 0 Å². The number of nitrogens with zero attached hydrogens (tertiary/aromatic N) is 1. The van der Waals surface area contributed by atoms with Crippen LogP contribution in [0.5, 0.6) is 0 Å². The Hall–Kier alpha value is -3.49. The van der Waals surface area contributed by atoms with Crippen molar-refractivity contribution >= 4 is 15.9 Å². The zero-order chi connectivity index (χ0) is 21.0. The summed E-state index contributed by atoms with van der Waals surface area (Å²) in [5.74, 6) is 0. The molecule has 5 aromatic rings. The molecule has 4 aromatic carbocycles. The molecule has 0 saturated carbocycles. The van der Waals surface area contributed by atoms with Gasteiger partial charge in [-0.2, -0.15) is 0 Å². The maximum absolute atomic E-state index is 4.61. The van der Waals surface area contributed by atoms with Crippen molar-refractivity contribution in [1.82, 2.24) is 4.98 Å². The number of halogens is 1. The van der Waals surface area contributed by atoms with Gasteiger partial charge in [-0.3, -0.25) is 4.98 Å². The first kappa shape index (κ1) is 19.5. The standard InChI is InChI=1S/C29H20BrN/c30-28-9-5-4-8-27(28)24-14-16-25(17-15-24)29-20-26(18-19-31-29)23-12-10-22(11-13-23)21-6-2-1-3-7-21/h1-20H. The first-order chi connectivity index (χ1) is 15.3. The molecule has 31 heavy (non-hydrogen) atoms. The van der Waals surface area contributed by atoms with Gasteiger partial charge in [-0.15, -0.1) is 0 Å². The summed E-state index contributed by atoms with van der Waals surface area (Å²) < 4.78 is 1.10. The lowest BCUT2D eigenvalue weighted by Gasteiger charge is -2.09. The average Bonchev–Trinajstić information content (AvgIpc) is 2.85. The third-order valence-corrected chi connectivity index (χ3v) is 6.14. The molecule has 1 heterocycles. The Labute approximate surface area is 191 Å².